The molecule has 1 aliphatic heterocycles. The first-order chi connectivity index (χ1) is 15.0. The van der Waals surface area contributed by atoms with Crippen LogP contribution in [0.5, 0.6) is 11.5 Å². The van der Waals surface area contributed by atoms with Crippen LogP contribution in [0, 0.1) is 0 Å². The van der Waals surface area contributed by atoms with Gasteiger partial charge >= 0.3 is 0 Å². The minimum absolute atomic E-state index is 0.0195. The monoisotopic (exact) mass is 446 g/mol. The number of amides is 1. The minimum atomic E-state index is -4.04. The molecule has 0 N–H and O–H groups in total. The lowest BCUT2D eigenvalue weighted by Gasteiger charge is -2.27. The van der Waals surface area contributed by atoms with Gasteiger partial charge < -0.3 is 14.4 Å². The first-order valence-corrected chi connectivity index (χ1v) is 11.9. The average molecular weight is 447 g/mol. The highest BCUT2D eigenvalue weighted by Crippen LogP contribution is 2.31. The molecule has 1 aliphatic rings. The third-order valence-corrected chi connectivity index (χ3v) is 7.27. The molecular formula is C23H30N2O5S. The van der Waals surface area contributed by atoms with Crippen LogP contribution in [0.3, 0.4) is 0 Å². The van der Waals surface area contributed by atoms with Gasteiger partial charge in [0.1, 0.15) is 16.4 Å². The number of methoxy groups -OCH3 is 2. The molecule has 1 fully saturated rings. The van der Waals surface area contributed by atoms with E-state index in [9.17, 15) is 13.2 Å². The molecule has 31 heavy (non-hydrogen) atoms. The van der Waals surface area contributed by atoms with Gasteiger partial charge in [-0.15, -0.1) is 0 Å². The fourth-order valence-corrected chi connectivity index (χ4v) is 5.26. The Morgan fingerprint density at radius 1 is 0.968 bits per heavy atom. The number of hydrogen-bond acceptors (Lipinski definition) is 5. The summed E-state index contributed by atoms with van der Waals surface area (Å²) in [6.07, 6.45) is 4.08. The van der Waals surface area contributed by atoms with E-state index in [1.165, 1.54) is 24.6 Å². The Morgan fingerprint density at radius 2 is 1.65 bits per heavy atom. The summed E-state index contributed by atoms with van der Waals surface area (Å²) in [6.45, 7) is 1.20. The predicted octanol–water partition coefficient (Wildman–Crippen LogP) is 3.30. The first kappa shape index (κ1) is 23.1. The van der Waals surface area contributed by atoms with Crippen LogP contribution in [0.4, 0.5) is 0 Å². The number of benzene rings is 2. The summed E-state index contributed by atoms with van der Waals surface area (Å²) in [4.78, 5) is 14.8. The topological polar surface area (TPSA) is 76.1 Å². The highest BCUT2D eigenvalue weighted by molar-refractivity contribution is 7.89. The summed E-state index contributed by atoms with van der Waals surface area (Å²) < 4.78 is 39.1. The Labute approximate surface area is 184 Å². The van der Waals surface area contributed by atoms with E-state index in [2.05, 4.69) is 0 Å². The molecule has 8 heteroatoms. The number of carbonyl (C=O) groups is 1. The maximum atomic E-state index is 13.7. The van der Waals surface area contributed by atoms with Gasteiger partial charge in [-0.2, -0.15) is 4.31 Å². The zero-order valence-corrected chi connectivity index (χ0v) is 18.9. The maximum Gasteiger partial charge on any atom is 0.247 e. The van der Waals surface area contributed by atoms with Gasteiger partial charge in [-0.3, -0.25) is 4.79 Å². The summed E-state index contributed by atoms with van der Waals surface area (Å²) in [6, 6.07) is 13.9. The number of rotatable bonds is 8. The van der Waals surface area contributed by atoms with Crippen LogP contribution < -0.4 is 9.47 Å². The van der Waals surface area contributed by atoms with Crippen molar-refractivity contribution in [2.24, 2.45) is 0 Å². The zero-order valence-electron chi connectivity index (χ0n) is 18.1. The van der Waals surface area contributed by atoms with Gasteiger partial charge in [-0.1, -0.05) is 43.2 Å². The van der Waals surface area contributed by atoms with E-state index in [1.807, 2.05) is 30.3 Å². The molecule has 1 saturated heterocycles. The van der Waals surface area contributed by atoms with Crippen molar-refractivity contribution in [1.29, 1.82) is 0 Å². The van der Waals surface area contributed by atoms with Crippen molar-refractivity contribution in [1.82, 2.24) is 9.21 Å². The van der Waals surface area contributed by atoms with Gasteiger partial charge in [0.15, 0.2) is 0 Å². The molecule has 0 aromatic heterocycles. The fraction of sp³-hybridized carbons (Fsp3) is 0.435. The third-order valence-electron chi connectivity index (χ3n) is 5.46. The van der Waals surface area contributed by atoms with Gasteiger partial charge in [-0.05, 0) is 30.5 Å². The molecule has 3 rings (SSSR count). The van der Waals surface area contributed by atoms with Crippen molar-refractivity contribution < 1.29 is 22.7 Å². The highest BCUT2D eigenvalue weighted by Gasteiger charge is 2.31. The summed E-state index contributed by atoms with van der Waals surface area (Å²) in [7, 11) is -1.14. The molecular weight excluding hydrogens is 416 g/mol. The van der Waals surface area contributed by atoms with Crippen molar-refractivity contribution in [2.75, 3.05) is 33.9 Å². The standard InChI is InChI=1S/C23H30N2O5S/c1-29-20-12-13-21(30-2)22(16-20)31(27,28)25(17-19-10-6-5-7-11-19)18-23(26)24-14-8-3-4-9-15-24/h5-7,10-13,16H,3-4,8-9,14-15,17-18H2,1-2H3. The van der Waals surface area contributed by atoms with Gasteiger partial charge in [0, 0.05) is 25.7 Å². The molecule has 0 radical (unpaired) electrons. The fourth-order valence-electron chi connectivity index (χ4n) is 3.71. The smallest absolute Gasteiger partial charge is 0.247 e. The molecule has 0 atom stereocenters. The Kier molecular flexibility index (Phi) is 7.92. The molecule has 2 aromatic rings. The molecule has 0 aliphatic carbocycles. The van der Waals surface area contributed by atoms with Gasteiger partial charge in [-0.25, -0.2) is 8.42 Å². The van der Waals surface area contributed by atoms with E-state index in [0.717, 1.165) is 31.2 Å². The normalized spacial score (nSPS) is 14.9. The third kappa shape index (κ3) is 5.77. The summed E-state index contributed by atoms with van der Waals surface area (Å²) in [5.41, 5.74) is 0.802. The van der Waals surface area contributed by atoms with E-state index in [1.54, 1.807) is 17.0 Å². The van der Waals surface area contributed by atoms with Crippen LogP contribution in [0.2, 0.25) is 0 Å². The van der Waals surface area contributed by atoms with E-state index >= 15 is 0 Å². The Morgan fingerprint density at radius 3 is 2.26 bits per heavy atom. The Balaban J connectivity index is 1.95. The minimum Gasteiger partial charge on any atom is -0.497 e. The number of nitrogens with zero attached hydrogens (tertiary/aromatic N) is 2. The van der Waals surface area contributed by atoms with E-state index in [-0.39, 0.29) is 29.6 Å². The summed E-state index contributed by atoms with van der Waals surface area (Å²) >= 11 is 0. The van der Waals surface area contributed by atoms with Crippen molar-refractivity contribution in [3.05, 3.63) is 54.1 Å². The summed E-state index contributed by atoms with van der Waals surface area (Å²) in [5.74, 6) is 0.433. The van der Waals surface area contributed by atoms with Crippen molar-refractivity contribution >= 4 is 15.9 Å². The highest BCUT2D eigenvalue weighted by atomic mass is 32.2. The second-order valence-corrected chi connectivity index (χ2v) is 9.48. The Hall–Kier alpha value is -2.58. The average Bonchev–Trinajstić information content (AvgIpc) is 3.08. The predicted molar refractivity (Wildman–Crippen MR) is 119 cm³/mol. The quantitative estimate of drug-likeness (QED) is 0.622. The van der Waals surface area contributed by atoms with Crippen LogP contribution >= 0.6 is 0 Å². The van der Waals surface area contributed by atoms with Gasteiger partial charge in [0.25, 0.3) is 0 Å². The van der Waals surface area contributed by atoms with E-state index in [0.29, 0.717) is 18.8 Å². The Bertz CT molecular complexity index is 971. The number of hydrogen-bond donors (Lipinski definition) is 0. The van der Waals surface area contributed by atoms with Crippen molar-refractivity contribution in [3.8, 4) is 11.5 Å². The van der Waals surface area contributed by atoms with Crippen LogP contribution in [-0.4, -0.2) is 57.4 Å². The van der Waals surface area contributed by atoms with Crippen LogP contribution in [0.25, 0.3) is 0 Å². The van der Waals surface area contributed by atoms with Crippen LogP contribution in [0.15, 0.2) is 53.4 Å². The number of carbonyl (C=O) groups excluding carboxylic acids is 1. The molecule has 0 unspecified atom stereocenters. The molecule has 1 heterocycles. The lowest BCUT2D eigenvalue weighted by Crippen LogP contribution is -2.43. The number of sulfonamides is 1. The zero-order chi connectivity index (χ0) is 22.3. The van der Waals surface area contributed by atoms with Gasteiger partial charge in [0.05, 0.1) is 20.8 Å². The lowest BCUT2D eigenvalue weighted by atomic mass is 10.2. The molecule has 168 valence electrons. The number of likely N-dealkylation sites (tertiary alicyclic amines) is 1. The van der Waals surface area contributed by atoms with Gasteiger partial charge in [0.2, 0.25) is 15.9 Å². The lowest BCUT2D eigenvalue weighted by molar-refractivity contribution is -0.131. The molecule has 1 amide bonds. The van der Waals surface area contributed by atoms with Crippen LogP contribution in [0.1, 0.15) is 31.2 Å². The molecule has 0 bridgehead atoms. The first-order valence-electron chi connectivity index (χ1n) is 10.5. The number of ether oxygens (including phenoxy) is 2. The summed E-state index contributed by atoms with van der Waals surface area (Å²) in [5, 5.41) is 0. The largest absolute Gasteiger partial charge is 0.497 e. The molecule has 7 nitrogen and oxygen atoms in total. The maximum absolute atomic E-state index is 13.7. The second kappa shape index (κ2) is 10.6. The SMILES string of the molecule is COc1ccc(OC)c(S(=O)(=O)N(CC(=O)N2CCCCCC2)Cc2ccccc2)c1. The van der Waals surface area contributed by atoms with E-state index in [4.69, 9.17) is 9.47 Å². The van der Waals surface area contributed by atoms with Crippen LogP contribution in [-0.2, 0) is 21.4 Å². The van der Waals surface area contributed by atoms with Crippen molar-refractivity contribution in [3.63, 3.8) is 0 Å². The molecule has 0 saturated carbocycles. The molecule has 0 spiro atoms. The second-order valence-electron chi connectivity index (χ2n) is 7.57. The molecule has 2 aromatic carbocycles. The van der Waals surface area contributed by atoms with Crippen molar-refractivity contribution in [2.45, 2.75) is 37.1 Å². The van der Waals surface area contributed by atoms with E-state index < -0.39 is 10.0 Å².